The third-order valence-corrected chi connectivity index (χ3v) is 5.66. The minimum absolute atomic E-state index is 0.261. The molecule has 0 aromatic heterocycles. The van der Waals surface area contributed by atoms with Gasteiger partial charge in [-0.25, -0.2) is 0 Å². The van der Waals surface area contributed by atoms with E-state index in [9.17, 15) is 0 Å². The molecule has 4 fully saturated rings. The lowest BCUT2D eigenvalue weighted by Crippen LogP contribution is -2.50. The highest BCUT2D eigenvalue weighted by molar-refractivity contribution is 5.03. The van der Waals surface area contributed by atoms with Crippen LogP contribution in [-0.4, -0.2) is 0 Å². The van der Waals surface area contributed by atoms with Gasteiger partial charge in [0.1, 0.15) is 0 Å². The van der Waals surface area contributed by atoms with Gasteiger partial charge in [-0.1, -0.05) is 13.8 Å². The molecule has 0 spiro atoms. The zero-order chi connectivity index (χ0) is 11.3. The summed E-state index contributed by atoms with van der Waals surface area (Å²) in [7, 11) is 0. The number of hydrogen-bond acceptors (Lipinski definition) is 1. The Morgan fingerprint density at radius 2 is 1.50 bits per heavy atom. The van der Waals surface area contributed by atoms with Crippen molar-refractivity contribution in [1.29, 1.82) is 5.26 Å². The predicted octanol–water partition coefficient (Wildman–Crippen LogP) is 4.00. The van der Waals surface area contributed by atoms with E-state index in [1.165, 1.54) is 32.1 Å². The van der Waals surface area contributed by atoms with Crippen LogP contribution in [0.1, 0.15) is 52.4 Å². The molecule has 0 aliphatic heterocycles. The van der Waals surface area contributed by atoms with Gasteiger partial charge in [0.2, 0.25) is 0 Å². The second-order valence-corrected chi connectivity index (χ2v) is 7.28. The normalized spacial score (nSPS) is 45.7. The number of hydrogen-bond donors (Lipinski definition) is 0. The maximum Gasteiger partial charge on any atom is 0.0627 e. The number of nitriles is 1. The molecule has 4 aliphatic carbocycles. The van der Waals surface area contributed by atoms with E-state index in [0.29, 0.717) is 0 Å². The van der Waals surface area contributed by atoms with Crippen LogP contribution in [0.3, 0.4) is 0 Å². The lowest BCUT2D eigenvalue weighted by atomic mass is 9.47. The topological polar surface area (TPSA) is 23.8 Å². The Balaban J connectivity index is 1.84. The molecule has 0 radical (unpaired) electrons. The average molecular weight is 217 g/mol. The van der Waals surface area contributed by atoms with Crippen molar-refractivity contribution in [3.63, 3.8) is 0 Å². The Morgan fingerprint density at radius 1 is 1.00 bits per heavy atom. The van der Waals surface area contributed by atoms with E-state index < -0.39 is 0 Å². The lowest BCUT2D eigenvalue weighted by Gasteiger charge is -2.58. The first-order valence-electron chi connectivity index (χ1n) is 6.97. The minimum Gasteiger partial charge on any atom is -0.198 e. The van der Waals surface area contributed by atoms with Gasteiger partial charge in [0.15, 0.2) is 0 Å². The summed E-state index contributed by atoms with van der Waals surface area (Å²) in [5.74, 6) is 4.87. The van der Waals surface area contributed by atoms with Gasteiger partial charge in [-0.3, -0.25) is 0 Å². The lowest BCUT2D eigenvalue weighted by molar-refractivity contribution is -0.0851. The SMILES string of the molecule is CC(C)(CC#N)C1C2CC3CC(C2)CC1C3. The Morgan fingerprint density at radius 3 is 1.94 bits per heavy atom. The Bertz CT molecular complexity index is 295. The summed E-state index contributed by atoms with van der Waals surface area (Å²) in [6.07, 6.45) is 8.19. The summed E-state index contributed by atoms with van der Waals surface area (Å²) < 4.78 is 0. The molecule has 0 unspecified atom stereocenters. The fraction of sp³-hybridized carbons (Fsp3) is 0.933. The molecule has 4 bridgehead atoms. The smallest absolute Gasteiger partial charge is 0.0627 e. The van der Waals surface area contributed by atoms with Gasteiger partial charge in [0.25, 0.3) is 0 Å². The van der Waals surface area contributed by atoms with Crippen LogP contribution in [0.15, 0.2) is 0 Å². The fourth-order valence-electron chi connectivity index (χ4n) is 5.52. The van der Waals surface area contributed by atoms with E-state index in [-0.39, 0.29) is 5.41 Å². The van der Waals surface area contributed by atoms with E-state index in [1.54, 1.807) is 0 Å². The van der Waals surface area contributed by atoms with Crippen LogP contribution >= 0.6 is 0 Å². The van der Waals surface area contributed by atoms with Gasteiger partial charge in [-0.2, -0.15) is 5.26 Å². The van der Waals surface area contributed by atoms with Crippen LogP contribution in [0.5, 0.6) is 0 Å². The molecule has 0 N–H and O–H groups in total. The molecule has 4 saturated carbocycles. The van der Waals surface area contributed by atoms with Gasteiger partial charge in [0, 0.05) is 6.42 Å². The molecule has 88 valence electrons. The maximum absolute atomic E-state index is 9.01. The summed E-state index contributed by atoms with van der Waals surface area (Å²) in [6, 6.07) is 2.42. The molecule has 16 heavy (non-hydrogen) atoms. The summed E-state index contributed by atoms with van der Waals surface area (Å²) in [6.45, 7) is 4.67. The van der Waals surface area contributed by atoms with E-state index in [2.05, 4.69) is 19.9 Å². The Kier molecular flexibility index (Phi) is 2.32. The molecular weight excluding hydrogens is 194 g/mol. The third-order valence-electron chi connectivity index (χ3n) is 5.66. The van der Waals surface area contributed by atoms with Crippen LogP contribution < -0.4 is 0 Å². The monoisotopic (exact) mass is 217 g/mol. The van der Waals surface area contributed by atoms with E-state index in [1.807, 2.05) is 0 Å². The quantitative estimate of drug-likeness (QED) is 0.686. The first kappa shape index (κ1) is 10.6. The van der Waals surface area contributed by atoms with Crippen LogP contribution in [-0.2, 0) is 0 Å². The van der Waals surface area contributed by atoms with E-state index >= 15 is 0 Å². The van der Waals surface area contributed by atoms with Gasteiger partial charge >= 0.3 is 0 Å². The Labute approximate surface area is 99.2 Å². The Hall–Kier alpha value is -0.510. The number of rotatable bonds is 2. The van der Waals surface area contributed by atoms with Crippen LogP contribution in [0.2, 0.25) is 0 Å². The molecule has 0 aromatic rings. The van der Waals surface area contributed by atoms with Crippen LogP contribution in [0, 0.1) is 46.3 Å². The number of nitrogens with zero attached hydrogens (tertiary/aromatic N) is 1. The zero-order valence-electron chi connectivity index (χ0n) is 10.6. The van der Waals surface area contributed by atoms with Gasteiger partial charge in [-0.15, -0.1) is 0 Å². The second-order valence-electron chi connectivity index (χ2n) is 7.28. The molecule has 0 aromatic carbocycles. The van der Waals surface area contributed by atoms with Crippen molar-refractivity contribution < 1.29 is 0 Å². The molecule has 0 heterocycles. The van der Waals surface area contributed by atoms with Gasteiger partial charge in [-0.05, 0) is 67.1 Å². The van der Waals surface area contributed by atoms with Crippen molar-refractivity contribution in [2.75, 3.05) is 0 Å². The second kappa shape index (κ2) is 3.49. The molecule has 4 rings (SSSR count). The van der Waals surface area contributed by atoms with Crippen molar-refractivity contribution >= 4 is 0 Å². The van der Waals surface area contributed by atoms with Gasteiger partial charge < -0.3 is 0 Å². The fourth-order valence-corrected chi connectivity index (χ4v) is 5.52. The maximum atomic E-state index is 9.01. The summed E-state index contributed by atoms with van der Waals surface area (Å²) in [5.41, 5.74) is 0.261. The molecule has 4 aliphatic rings. The first-order valence-corrected chi connectivity index (χ1v) is 6.97. The van der Waals surface area contributed by atoms with Crippen LogP contribution in [0.4, 0.5) is 0 Å². The van der Waals surface area contributed by atoms with E-state index in [0.717, 1.165) is 36.0 Å². The zero-order valence-corrected chi connectivity index (χ0v) is 10.6. The first-order chi connectivity index (χ1) is 7.60. The van der Waals surface area contributed by atoms with Crippen molar-refractivity contribution in [2.24, 2.45) is 35.0 Å². The van der Waals surface area contributed by atoms with Gasteiger partial charge in [0.05, 0.1) is 6.07 Å². The predicted molar refractivity (Wildman–Crippen MR) is 64.5 cm³/mol. The molecule has 0 amide bonds. The largest absolute Gasteiger partial charge is 0.198 e. The minimum atomic E-state index is 0.261. The summed E-state index contributed by atoms with van der Waals surface area (Å²) in [4.78, 5) is 0. The summed E-state index contributed by atoms with van der Waals surface area (Å²) in [5, 5.41) is 9.01. The van der Waals surface area contributed by atoms with Crippen molar-refractivity contribution in [1.82, 2.24) is 0 Å². The molecule has 0 saturated heterocycles. The molecule has 0 atom stereocenters. The van der Waals surface area contributed by atoms with Crippen molar-refractivity contribution in [2.45, 2.75) is 52.4 Å². The molecular formula is C15H23N. The highest BCUT2D eigenvalue weighted by atomic mass is 14.6. The standard InChI is InChI=1S/C15H23N/c1-15(2,3-4-16)14-12-6-10-5-11(8-12)9-13(14)7-10/h10-14H,3,5-9H2,1-2H3. The molecule has 1 heteroatoms. The van der Waals surface area contributed by atoms with E-state index in [4.69, 9.17) is 5.26 Å². The highest BCUT2D eigenvalue weighted by Crippen LogP contribution is 2.61. The average Bonchev–Trinajstić information content (AvgIpc) is 2.14. The van der Waals surface area contributed by atoms with Crippen LogP contribution in [0.25, 0.3) is 0 Å². The van der Waals surface area contributed by atoms with Crippen molar-refractivity contribution in [3.05, 3.63) is 0 Å². The summed E-state index contributed by atoms with van der Waals surface area (Å²) >= 11 is 0. The highest BCUT2D eigenvalue weighted by Gasteiger charge is 2.52. The third kappa shape index (κ3) is 1.50. The molecule has 1 nitrogen and oxygen atoms in total. The van der Waals surface area contributed by atoms with Crippen molar-refractivity contribution in [3.8, 4) is 6.07 Å².